The number of carbonyl (C=O) groups is 1. The number of nitrogens with zero attached hydrogens (tertiary/aromatic N) is 1. The van der Waals surface area contributed by atoms with E-state index < -0.39 is 0 Å². The molecule has 0 bridgehead atoms. The van der Waals surface area contributed by atoms with Crippen molar-refractivity contribution in [2.45, 2.75) is 0 Å². The van der Waals surface area contributed by atoms with Crippen LogP contribution >= 0.6 is 0 Å². The van der Waals surface area contributed by atoms with Gasteiger partial charge in [-0.25, -0.2) is 0 Å². The Balaban J connectivity index is 0.000000316. The number of hydrogen-bond acceptors (Lipinski definition) is 6. The van der Waals surface area contributed by atoms with Crippen molar-refractivity contribution in [2.75, 3.05) is 39.9 Å². The summed E-state index contributed by atoms with van der Waals surface area (Å²) in [5.41, 5.74) is 1.45. The zero-order valence-electron chi connectivity index (χ0n) is 18.1. The number of ether oxygens (including phenoxy) is 4. The van der Waals surface area contributed by atoms with E-state index in [-0.39, 0.29) is 11.7 Å². The van der Waals surface area contributed by atoms with Gasteiger partial charge in [-0.15, -0.1) is 0 Å². The summed E-state index contributed by atoms with van der Waals surface area (Å²) in [7, 11) is 6.16. The van der Waals surface area contributed by atoms with Crippen molar-refractivity contribution in [3.8, 4) is 28.7 Å². The van der Waals surface area contributed by atoms with Crippen molar-refractivity contribution in [2.24, 2.45) is 0 Å². The third-order valence-corrected chi connectivity index (χ3v) is 4.44. The van der Waals surface area contributed by atoms with Gasteiger partial charge in [-0.1, -0.05) is 43.0 Å². The molecule has 2 aromatic carbocycles. The molecule has 164 valence electrons. The van der Waals surface area contributed by atoms with Crippen molar-refractivity contribution in [1.82, 2.24) is 0 Å². The lowest BCUT2D eigenvalue weighted by atomic mass is 10.0. The molecule has 7 nitrogen and oxygen atoms in total. The monoisotopic (exact) mass is 425 g/mol. The number of rotatable bonds is 7. The molecule has 1 N–H and O–H groups in total. The molecule has 0 aliphatic carbocycles. The largest absolute Gasteiger partial charge is 0.504 e. The van der Waals surface area contributed by atoms with E-state index >= 15 is 0 Å². The lowest BCUT2D eigenvalue weighted by molar-refractivity contribution is -0.117. The molecule has 2 aromatic rings. The number of phenols is 1. The molecule has 0 atom stereocenters. The van der Waals surface area contributed by atoms with Crippen LogP contribution in [-0.2, 0) is 4.79 Å². The Kier molecular flexibility index (Phi) is 8.57. The molecule has 1 aliphatic rings. The second kappa shape index (κ2) is 11.3. The van der Waals surface area contributed by atoms with Gasteiger partial charge in [0.1, 0.15) is 0 Å². The highest BCUT2D eigenvalue weighted by atomic mass is 16.5. The maximum Gasteiger partial charge on any atom is 0.256 e. The van der Waals surface area contributed by atoms with Crippen molar-refractivity contribution < 1.29 is 28.8 Å². The summed E-state index contributed by atoms with van der Waals surface area (Å²) in [5, 5.41) is 8.99. The number of aromatic hydroxyl groups is 1. The third-order valence-electron chi connectivity index (χ3n) is 4.44. The number of hydrogen-bond donors (Lipinski definition) is 1. The van der Waals surface area contributed by atoms with Gasteiger partial charge in [0.25, 0.3) is 5.91 Å². The Morgan fingerprint density at radius 3 is 2.00 bits per heavy atom. The first-order valence-electron chi connectivity index (χ1n) is 9.42. The van der Waals surface area contributed by atoms with Crippen molar-refractivity contribution in [1.29, 1.82) is 0 Å². The van der Waals surface area contributed by atoms with Crippen LogP contribution in [0.1, 0.15) is 0 Å². The Morgan fingerprint density at radius 2 is 1.55 bits per heavy atom. The molecule has 0 unspecified atom stereocenters. The van der Waals surface area contributed by atoms with E-state index in [1.165, 1.54) is 7.11 Å². The summed E-state index contributed by atoms with van der Waals surface area (Å²) < 4.78 is 20.7. The first kappa shape index (κ1) is 23.4. The normalized spacial score (nSPS) is 13.9. The molecule has 1 heterocycles. The van der Waals surface area contributed by atoms with Gasteiger partial charge in [0.15, 0.2) is 23.0 Å². The van der Waals surface area contributed by atoms with E-state index in [2.05, 4.69) is 6.58 Å². The summed E-state index contributed by atoms with van der Waals surface area (Å²) in [4.78, 5) is 13.8. The van der Waals surface area contributed by atoms with Gasteiger partial charge in [-0.2, -0.15) is 0 Å². The van der Waals surface area contributed by atoms with Crippen molar-refractivity contribution >= 4 is 11.6 Å². The Labute approximate surface area is 182 Å². The first-order valence-corrected chi connectivity index (χ1v) is 9.42. The van der Waals surface area contributed by atoms with Crippen LogP contribution in [0.15, 0.2) is 72.9 Å². The molecule has 0 saturated carbocycles. The standard InChI is InChI=1S/C17H19NO4.C7H8O2/c1-5-6-7-8-12-11-18(17(12)19)13-9-14(20-2)16(22-4)15(10-13)21-3;1-9-7-5-3-2-4-6(7)8/h5-10H,1,11H2,2-4H3;2-5,8H,1H3/b7-6+,12-8+;. The minimum absolute atomic E-state index is 0.0389. The Morgan fingerprint density at radius 1 is 0.935 bits per heavy atom. The van der Waals surface area contributed by atoms with Crippen LogP contribution < -0.4 is 23.8 Å². The van der Waals surface area contributed by atoms with E-state index in [1.54, 1.807) is 86.9 Å². The summed E-state index contributed by atoms with van der Waals surface area (Å²) in [6.07, 6.45) is 7.03. The highest BCUT2D eigenvalue weighted by molar-refractivity contribution is 6.14. The second-order valence-corrected chi connectivity index (χ2v) is 6.26. The van der Waals surface area contributed by atoms with Crippen LogP contribution in [0.2, 0.25) is 0 Å². The number of allylic oxidation sites excluding steroid dienone is 4. The lowest BCUT2D eigenvalue weighted by Crippen LogP contribution is -2.46. The summed E-state index contributed by atoms with van der Waals surface area (Å²) in [5.74, 6) is 2.20. The van der Waals surface area contributed by atoms with Crippen molar-refractivity contribution in [3.05, 3.63) is 72.9 Å². The molecule has 1 saturated heterocycles. The predicted octanol–water partition coefficient (Wildman–Crippen LogP) is 4.13. The number of phenolic OH excluding ortho intramolecular Hbond substituents is 1. The zero-order valence-corrected chi connectivity index (χ0v) is 18.1. The molecular formula is C24H27NO6. The fourth-order valence-electron chi connectivity index (χ4n) is 2.83. The highest BCUT2D eigenvalue weighted by Gasteiger charge is 2.32. The van der Waals surface area contributed by atoms with E-state index in [4.69, 9.17) is 24.1 Å². The minimum Gasteiger partial charge on any atom is -0.504 e. The average molecular weight is 425 g/mol. The number of carbonyl (C=O) groups excluding carboxylic acids is 1. The number of amides is 1. The fraction of sp³-hybridized carbons (Fsp3) is 0.208. The zero-order chi connectivity index (χ0) is 22.8. The van der Waals surface area contributed by atoms with E-state index in [1.807, 2.05) is 0 Å². The lowest BCUT2D eigenvalue weighted by Gasteiger charge is -2.33. The van der Waals surface area contributed by atoms with Gasteiger partial charge in [0.05, 0.1) is 40.7 Å². The smallest absolute Gasteiger partial charge is 0.256 e. The van der Waals surface area contributed by atoms with Crippen LogP contribution in [-0.4, -0.2) is 46.0 Å². The predicted molar refractivity (Wildman–Crippen MR) is 121 cm³/mol. The third kappa shape index (κ3) is 5.60. The molecule has 3 rings (SSSR count). The summed E-state index contributed by atoms with van der Waals surface area (Å²) >= 11 is 0. The van der Waals surface area contributed by atoms with Crippen LogP contribution in [0, 0.1) is 0 Å². The summed E-state index contributed by atoms with van der Waals surface area (Å²) in [6, 6.07) is 10.4. The number of anilines is 1. The van der Waals surface area contributed by atoms with Gasteiger partial charge in [-0.3, -0.25) is 4.79 Å². The van der Waals surface area contributed by atoms with E-state index in [9.17, 15) is 4.79 Å². The molecule has 0 aromatic heterocycles. The van der Waals surface area contributed by atoms with Gasteiger partial charge < -0.3 is 29.0 Å². The Bertz CT molecular complexity index is 955. The Hall–Kier alpha value is -3.87. The molecule has 1 fully saturated rings. The minimum atomic E-state index is -0.0389. The molecule has 0 radical (unpaired) electrons. The average Bonchev–Trinajstić information content (AvgIpc) is 2.80. The van der Waals surface area contributed by atoms with E-state index in [0.29, 0.717) is 35.2 Å². The molecule has 0 spiro atoms. The van der Waals surface area contributed by atoms with Crippen LogP contribution in [0.3, 0.4) is 0 Å². The summed E-state index contributed by atoms with van der Waals surface area (Å²) in [6.45, 7) is 4.13. The number of methoxy groups -OCH3 is 4. The maximum absolute atomic E-state index is 12.2. The highest BCUT2D eigenvalue weighted by Crippen LogP contribution is 2.42. The van der Waals surface area contributed by atoms with Gasteiger partial charge in [-0.05, 0) is 12.1 Å². The fourth-order valence-corrected chi connectivity index (χ4v) is 2.83. The molecule has 1 amide bonds. The number of β-lactam (4-membered cyclic amide) rings is 1. The SMILES string of the molecule is C=C/C=C/C=C1\CN(c2cc(OC)c(OC)c(OC)c2)C1=O.COc1ccccc1O. The molecular weight excluding hydrogens is 398 g/mol. The van der Waals surface area contributed by atoms with Crippen LogP contribution in [0.25, 0.3) is 0 Å². The second-order valence-electron chi connectivity index (χ2n) is 6.26. The van der Waals surface area contributed by atoms with Gasteiger partial charge in [0.2, 0.25) is 5.75 Å². The number of benzene rings is 2. The van der Waals surface area contributed by atoms with Gasteiger partial charge >= 0.3 is 0 Å². The first-order chi connectivity index (χ1) is 15.0. The van der Waals surface area contributed by atoms with Crippen LogP contribution in [0.5, 0.6) is 28.7 Å². The van der Waals surface area contributed by atoms with Crippen LogP contribution in [0.4, 0.5) is 5.69 Å². The topological polar surface area (TPSA) is 77.5 Å². The van der Waals surface area contributed by atoms with Crippen molar-refractivity contribution in [3.63, 3.8) is 0 Å². The molecule has 1 aliphatic heterocycles. The number of para-hydroxylation sites is 2. The van der Waals surface area contributed by atoms with E-state index in [0.717, 1.165) is 5.57 Å². The van der Waals surface area contributed by atoms with Gasteiger partial charge in [0, 0.05) is 17.7 Å². The quantitative estimate of drug-likeness (QED) is 0.408. The molecule has 31 heavy (non-hydrogen) atoms. The maximum atomic E-state index is 12.2. The molecule has 7 heteroatoms.